The fourth-order valence-electron chi connectivity index (χ4n) is 3.14. The Morgan fingerprint density at radius 1 is 0.655 bits per heavy atom. The zero-order valence-corrected chi connectivity index (χ0v) is 16.8. The van der Waals surface area contributed by atoms with Crippen LogP contribution in [-0.4, -0.2) is 11.8 Å². The fraction of sp³-hybridized carbons (Fsp3) is 0.200. The van der Waals surface area contributed by atoms with Crippen LogP contribution in [0.3, 0.4) is 0 Å². The molecular formula is C25H26N2O2. The molecule has 4 heteroatoms. The first-order chi connectivity index (χ1) is 14.1. The summed E-state index contributed by atoms with van der Waals surface area (Å²) < 4.78 is 0. The maximum Gasteiger partial charge on any atom is 0.241 e. The third-order valence-corrected chi connectivity index (χ3v) is 4.92. The molecule has 3 aromatic rings. The summed E-state index contributed by atoms with van der Waals surface area (Å²) in [7, 11) is 0. The molecule has 3 aromatic carbocycles. The monoisotopic (exact) mass is 386 g/mol. The molecule has 0 fully saturated rings. The van der Waals surface area contributed by atoms with Crippen LogP contribution < -0.4 is 10.6 Å². The van der Waals surface area contributed by atoms with E-state index in [1.165, 1.54) is 11.1 Å². The van der Waals surface area contributed by atoms with Crippen molar-refractivity contribution in [2.75, 3.05) is 10.6 Å². The summed E-state index contributed by atoms with van der Waals surface area (Å²) in [5.41, 5.74) is 4.38. The third-order valence-electron chi connectivity index (χ3n) is 4.92. The molecule has 29 heavy (non-hydrogen) atoms. The maximum atomic E-state index is 13.0. The lowest BCUT2D eigenvalue weighted by molar-refractivity contribution is -0.125. The Hall–Kier alpha value is -3.40. The predicted octanol–water partition coefficient (Wildman–Crippen LogP) is 5.17. The molecule has 0 spiro atoms. The van der Waals surface area contributed by atoms with Gasteiger partial charge in [0.05, 0.1) is 0 Å². The Labute approximate surface area is 172 Å². The van der Waals surface area contributed by atoms with Gasteiger partial charge in [0.2, 0.25) is 11.8 Å². The summed E-state index contributed by atoms with van der Waals surface area (Å²) in [5, 5.41) is 5.75. The zero-order valence-electron chi connectivity index (χ0n) is 16.8. The SMILES string of the molecule is CCc1ccc(NC(=O)C(C(=O)Nc2ccc(CC)cc2)c2ccccc2)cc1. The second kappa shape index (κ2) is 9.69. The van der Waals surface area contributed by atoms with Gasteiger partial charge in [-0.2, -0.15) is 0 Å². The van der Waals surface area contributed by atoms with Crippen molar-refractivity contribution >= 4 is 23.2 Å². The minimum Gasteiger partial charge on any atom is -0.325 e. The number of rotatable bonds is 7. The number of anilines is 2. The average molecular weight is 386 g/mol. The Morgan fingerprint density at radius 3 is 1.45 bits per heavy atom. The van der Waals surface area contributed by atoms with E-state index in [9.17, 15) is 9.59 Å². The molecular weight excluding hydrogens is 360 g/mol. The minimum absolute atomic E-state index is 0.358. The summed E-state index contributed by atoms with van der Waals surface area (Å²) >= 11 is 0. The average Bonchev–Trinajstić information content (AvgIpc) is 2.75. The molecule has 0 saturated heterocycles. The number of carbonyl (C=O) groups is 2. The summed E-state index contributed by atoms with van der Waals surface area (Å²) in [5.74, 6) is -1.67. The third kappa shape index (κ3) is 5.32. The van der Waals surface area contributed by atoms with Crippen LogP contribution in [-0.2, 0) is 22.4 Å². The Bertz CT molecular complexity index is 887. The van der Waals surface area contributed by atoms with Crippen molar-refractivity contribution < 1.29 is 9.59 Å². The molecule has 0 radical (unpaired) electrons. The van der Waals surface area contributed by atoms with Gasteiger partial charge in [0.1, 0.15) is 5.92 Å². The van der Waals surface area contributed by atoms with Gasteiger partial charge in [-0.3, -0.25) is 9.59 Å². The number of carbonyl (C=O) groups excluding carboxylic acids is 2. The van der Waals surface area contributed by atoms with Crippen LogP contribution in [0.1, 0.15) is 36.5 Å². The van der Waals surface area contributed by atoms with Gasteiger partial charge < -0.3 is 10.6 Å². The van der Waals surface area contributed by atoms with Crippen molar-refractivity contribution in [2.24, 2.45) is 0 Å². The number of nitrogens with one attached hydrogen (secondary N) is 2. The summed E-state index contributed by atoms with van der Waals surface area (Å²) in [6.45, 7) is 4.16. The fourth-order valence-corrected chi connectivity index (χ4v) is 3.14. The van der Waals surface area contributed by atoms with E-state index in [-0.39, 0.29) is 11.8 Å². The van der Waals surface area contributed by atoms with E-state index >= 15 is 0 Å². The van der Waals surface area contributed by atoms with Crippen LogP contribution in [0.5, 0.6) is 0 Å². The van der Waals surface area contributed by atoms with Gasteiger partial charge in [0, 0.05) is 11.4 Å². The largest absolute Gasteiger partial charge is 0.325 e. The highest BCUT2D eigenvalue weighted by atomic mass is 16.2. The second-order valence-corrected chi connectivity index (χ2v) is 6.92. The van der Waals surface area contributed by atoms with E-state index in [4.69, 9.17) is 0 Å². The molecule has 2 amide bonds. The molecule has 3 rings (SSSR count). The van der Waals surface area contributed by atoms with Crippen LogP contribution in [0.25, 0.3) is 0 Å². The van der Waals surface area contributed by atoms with Gasteiger partial charge in [-0.15, -0.1) is 0 Å². The predicted molar refractivity (Wildman–Crippen MR) is 118 cm³/mol. The lowest BCUT2D eigenvalue weighted by atomic mass is 9.96. The number of aryl methyl sites for hydroxylation is 2. The molecule has 0 unspecified atom stereocenters. The van der Waals surface area contributed by atoms with E-state index in [0.717, 1.165) is 12.8 Å². The summed E-state index contributed by atoms with van der Waals surface area (Å²) in [6, 6.07) is 24.5. The van der Waals surface area contributed by atoms with Crippen molar-refractivity contribution in [3.05, 3.63) is 95.6 Å². The molecule has 0 atom stereocenters. The van der Waals surface area contributed by atoms with Crippen molar-refractivity contribution in [3.8, 4) is 0 Å². The normalized spacial score (nSPS) is 10.6. The first-order valence-electron chi connectivity index (χ1n) is 9.95. The molecule has 0 aliphatic carbocycles. The molecule has 2 N–H and O–H groups in total. The van der Waals surface area contributed by atoms with Gasteiger partial charge in [0.15, 0.2) is 0 Å². The Morgan fingerprint density at radius 2 is 1.07 bits per heavy atom. The lowest BCUT2D eigenvalue weighted by Crippen LogP contribution is -2.32. The topological polar surface area (TPSA) is 58.2 Å². The van der Waals surface area contributed by atoms with Gasteiger partial charge in [-0.25, -0.2) is 0 Å². The number of amides is 2. The van der Waals surface area contributed by atoms with Gasteiger partial charge in [0.25, 0.3) is 0 Å². The van der Waals surface area contributed by atoms with Crippen LogP contribution in [0, 0.1) is 0 Å². The van der Waals surface area contributed by atoms with Gasteiger partial charge >= 0.3 is 0 Å². The van der Waals surface area contributed by atoms with Crippen LogP contribution in [0.4, 0.5) is 11.4 Å². The highest BCUT2D eigenvalue weighted by Crippen LogP contribution is 2.22. The van der Waals surface area contributed by atoms with Crippen molar-refractivity contribution in [3.63, 3.8) is 0 Å². The molecule has 0 heterocycles. The smallest absolute Gasteiger partial charge is 0.241 e. The summed E-state index contributed by atoms with van der Waals surface area (Å²) in [4.78, 5) is 26.1. The Kier molecular flexibility index (Phi) is 6.80. The number of benzene rings is 3. The van der Waals surface area contributed by atoms with E-state index in [1.807, 2.05) is 66.7 Å². The van der Waals surface area contributed by atoms with E-state index < -0.39 is 5.92 Å². The van der Waals surface area contributed by atoms with E-state index in [0.29, 0.717) is 16.9 Å². The highest BCUT2D eigenvalue weighted by Gasteiger charge is 2.28. The number of hydrogen-bond donors (Lipinski definition) is 2. The highest BCUT2D eigenvalue weighted by molar-refractivity contribution is 6.15. The van der Waals surface area contributed by atoms with Gasteiger partial charge in [-0.05, 0) is 53.8 Å². The van der Waals surface area contributed by atoms with Crippen molar-refractivity contribution in [1.29, 1.82) is 0 Å². The van der Waals surface area contributed by atoms with Crippen molar-refractivity contribution in [2.45, 2.75) is 32.6 Å². The number of hydrogen-bond acceptors (Lipinski definition) is 2. The maximum absolute atomic E-state index is 13.0. The molecule has 148 valence electrons. The molecule has 0 aliphatic heterocycles. The standard InChI is InChI=1S/C25H26N2O2/c1-3-18-10-14-21(15-11-18)26-24(28)23(20-8-6-5-7-9-20)25(29)27-22-16-12-19(4-2)13-17-22/h5-17,23H,3-4H2,1-2H3,(H,26,28)(H,27,29). The minimum atomic E-state index is -0.951. The Balaban J connectivity index is 1.81. The molecule has 4 nitrogen and oxygen atoms in total. The summed E-state index contributed by atoms with van der Waals surface area (Å²) in [6.07, 6.45) is 1.86. The lowest BCUT2D eigenvalue weighted by Gasteiger charge is -2.17. The van der Waals surface area contributed by atoms with Gasteiger partial charge in [-0.1, -0.05) is 68.4 Å². The molecule has 0 aliphatic rings. The van der Waals surface area contributed by atoms with E-state index in [1.54, 1.807) is 12.1 Å². The van der Waals surface area contributed by atoms with Crippen LogP contribution in [0.15, 0.2) is 78.9 Å². The molecule has 0 bridgehead atoms. The zero-order chi connectivity index (χ0) is 20.6. The van der Waals surface area contributed by atoms with Crippen LogP contribution in [0.2, 0.25) is 0 Å². The first kappa shape index (κ1) is 20.3. The quantitative estimate of drug-likeness (QED) is 0.550. The van der Waals surface area contributed by atoms with Crippen LogP contribution >= 0.6 is 0 Å². The van der Waals surface area contributed by atoms with Crippen molar-refractivity contribution in [1.82, 2.24) is 0 Å². The second-order valence-electron chi connectivity index (χ2n) is 6.92. The first-order valence-corrected chi connectivity index (χ1v) is 9.95. The molecule has 0 saturated carbocycles. The van der Waals surface area contributed by atoms with E-state index in [2.05, 4.69) is 24.5 Å². The molecule has 0 aromatic heterocycles.